The molecule has 1 aromatic rings. The molecule has 0 radical (unpaired) electrons. The Bertz CT molecular complexity index is 389. The third kappa shape index (κ3) is 1.92. The molecule has 2 rings (SSSR count). The van der Waals surface area contributed by atoms with E-state index >= 15 is 0 Å². The number of fused-ring (bicyclic) bond motifs is 1. The largest absolute Gasteiger partial charge is 0.307 e. The molecule has 0 heterocycles. The monoisotopic (exact) mass is 207 g/mol. The highest BCUT2D eigenvalue weighted by molar-refractivity contribution is 6.02. The summed E-state index contributed by atoms with van der Waals surface area (Å²) in [7, 11) is 0. The van der Waals surface area contributed by atoms with Gasteiger partial charge in [-0.1, -0.05) is 13.0 Å². The van der Waals surface area contributed by atoms with Crippen molar-refractivity contribution in [2.45, 2.75) is 25.8 Å². The molecule has 1 aromatic carbocycles. The molecule has 0 aliphatic heterocycles. The number of rotatable bonds is 2. The second-order valence-electron chi connectivity index (χ2n) is 3.81. The van der Waals surface area contributed by atoms with E-state index in [1.54, 1.807) is 6.07 Å². The van der Waals surface area contributed by atoms with E-state index in [0.29, 0.717) is 5.56 Å². The number of ketones is 1. The lowest BCUT2D eigenvalue weighted by Gasteiger charge is -2.23. The molecule has 0 saturated carbocycles. The van der Waals surface area contributed by atoms with E-state index in [-0.39, 0.29) is 17.6 Å². The smallest absolute Gasteiger partial charge is 0.180 e. The van der Waals surface area contributed by atoms with Gasteiger partial charge in [-0.15, -0.1) is 0 Å². The minimum atomic E-state index is -0.334. The maximum atomic E-state index is 13.0. The van der Waals surface area contributed by atoms with Gasteiger partial charge in [-0.3, -0.25) is 4.79 Å². The van der Waals surface area contributed by atoms with E-state index in [1.165, 1.54) is 12.1 Å². The second-order valence-corrected chi connectivity index (χ2v) is 3.81. The highest BCUT2D eigenvalue weighted by Gasteiger charge is 2.26. The molecule has 0 saturated heterocycles. The summed E-state index contributed by atoms with van der Waals surface area (Å²) < 4.78 is 13.0. The Morgan fingerprint density at radius 2 is 2.33 bits per heavy atom. The first-order valence-corrected chi connectivity index (χ1v) is 5.28. The summed E-state index contributed by atoms with van der Waals surface area (Å²) in [5.74, 6) is -0.308. The molecule has 1 aliphatic rings. The summed E-state index contributed by atoms with van der Waals surface area (Å²) in [6.45, 7) is 2.73. The molecule has 0 amide bonds. The summed E-state index contributed by atoms with van der Waals surface area (Å²) >= 11 is 0. The average molecular weight is 207 g/mol. The number of aryl methyl sites for hydroxylation is 1. The number of carbonyl (C=O) groups is 1. The lowest BCUT2D eigenvalue weighted by molar-refractivity contribution is 0.0928. The van der Waals surface area contributed by atoms with Crippen molar-refractivity contribution in [1.29, 1.82) is 0 Å². The van der Waals surface area contributed by atoms with Gasteiger partial charge in [0.25, 0.3) is 0 Å². The predicted octanol–water partition coefficient (Wildman–Crippen LogP) is 1.93. The highest BCUT2D eigenvalue weighted by atomic mass is 19.1. The van der Waals surface area contributed by atoms with E-state index in [0.717, 1.165) is 24.9 Å². The van der Waals surface area contributed by atoms with Crippen molar-refractivity contribution in [3.8, 4) is 0 Å². The van der Waals surface area contributed by atoms with Gasteiger partial charge in [-0.25, -0.2) is 4.39 Å². The second kappa shape index (κ2) is 4.11. The number of likely N-dealkylation sites (N-methyl/N-ethyl adjacent to an activating group) is 1. The van der Waals surface area contributed by atoms with Gasteiger partial charge in [0.2, 0.25) is 0 Å². The minimum Gasteiger partial charge on any atom is -0.307 e. The van der Waals surface area contributed by atoms with Crippen LogP contribution in [0.25, 0.3) is 0 Å². The van der Waals surface area contributed by atoms with E-state index in [9.17, 15) is 9.18 Å². The fourth-order valence-electron chi connectivity index (χ4n) is 2.06. The Kier molecular flexibility index (Phi) is 2.82. The Balaban J connectivity index is 2.32. The van der Waals surface area contributed by atoms with Gasteiger partial charge in [0, 0.05) is 5.56 Å². The van der Waals surface area contributed by atoms with Crippen LogP contribution in [0.3, 0.4) is 0 Å². The number of Topliss-reactive ketones (excluding diaryl/α,β-unsaturated/α-hetero) is 1. The topological polar surface area (TPSA) is 29.1 Å². The molecule has 1 atom stereocenters. The highest BCUT2D eigenvalue weighted by Crippen LogP contribution is 2.22. The van der Waals surface area contributed by atoms with Gasteiger partial charge < -0.3 is 5.32 Å². The fourth-order valence-corrected chi connectivity index (χ4v) is 2.06. The molecule has 0 bridgehead atoms. The molecule has 1 unspecified atom stereocenters. The van der Waals surface area contributed by atoms with Crippen LogP contribution < -0.4 is 5.32 Å². The molecule has 80 valence electrons. The minimum absolute atomic E-state index is 0.0256. The maximum Gasteiger partial charge on any atom is 0.180 e. The van der Waals surface area contributed by atoms with E-state index < -0.39 is 0 Å². The van der Waals surface area contributed by atoms with Gasteiger partial charge >= 0.3 is 0 Å². The standard InChI is InChI=1S/C12H14FNO/c1-2-14-11-6-4-8-3-5-9(13)7-10(8)12(11)15/h3,5,7,11,14H,2,4,6H2,1H3. The van der Waals surface area contributed by atoms with Crippen LogP contribution in [0.1, 0.15) is 29.3 Å². The van der Waals surface area contributed by atoms with Crippen LogP contribution in [0.15, 0.2) is 18.2 Å². The molecule has 0 fully saturated rings. The van der Waals surface area contributed by atoms with Crippen molar-refractivity contribution < 1.29 is 9.18 Å². The SMILES string of the molecule is CCNC1CCc2ccc(F)cc2C1=O. The molecule has 0 spiro atoms. The van der Waals surface area contributed by atoms with Crippen LogP contribution in [0, 0.1) is 5.82 Å². The molecule has 2 nitrogen and oxygen atoms in total. The Morgan fingerprint density at radius 1 is 1.53 bits per heavy atom. The number of nitrogens with one attached hydrogen (secondary N) is 1. The van der Waals surface area contributed by atoms with E-state index in [2.05, 4.69) is 5.32 Å². The van der Waals surface area contributed by atoms with Crippen molar-refractivity contribution in [3.05, 3.63) is 35.1 Å². The summed E-state index contributed by atoms with van der Waals surface area (Å²) in [4.78, 5) is 11.9. The number of carbonyl (C=O) groups excluding carboxylic acids is 1. The zero-order valence-electron chi connectivity index (χ0n) is 8.72. The zero-order valence-corrected chi connectivity index (χ0v) is 8.72. The van der Waals surface area contributed by atoms with Gasteiger partial charge in [-0.05, 0) is 37.1 Å². The van der Waals surface area contributed by atoms with Gasteiger partial charge in [0.05, 0.1) is 6.04 Å². The summed E-state index contributed by atoms with van der Waals surface area (Å²) in [5.41, 5.74) is 1.52. The Labute approximate surface area is 88.5 Å². The fraction of sp³-hybridized carbons (Fsp3) is 0.417. The van der Waals surface area contributed by atoms with Gasteiger partial charge in [0.1, 0.15) is 5.82 Å². The van der Waals surface area contributed by atoms with Crippen LogP contribution in [-0.2, 0) is 6.42 Å². The maximum absolute atomic E-state index is 13.0. The molecule has 0 aromatic heterocycles. The molecule has 1 N–H and O–H groups in total. The number of hydrogen-bond acceptors (Lipinski definition) is 2. The molecule has 15 heavy (non-hydrogen) atoms. The van der Waals surface area contributed by atoms with Gasteiger partial charge in [-0.2, -0.15) is 0 Å². The summed E-state index contributed by atoms with van der Waals surface area (Å²) in [5, 5.41) is 3.12. The number of halogens is 1. The van der Waals surface area contributed by atoms with Crippen LogP contribution in [0.2, 0.25) is 0 Å². The molecular formula is C12H14FNO. The van der Waals surface area contributed by atoms with Crippen LogP contribution >= 0.6 is 0 Å². The average Bonchev–Trinajstić information content (AvgIpc) is 2.23. The van der Waals surface area contributed by atoms with Crippen LogP contribution in [0.4, 0.5) is 4.39 Å². The zero-order chi connectivity index (χ0) is 10.8. The lowest BCUT2D eigenvalue weighted by Crippen LogP contribution is -2.40. The van der Waals surface area contributed by atoms with Crippen molar-refractivity contribution in [2.75, 3.05) is 6.54 Å². The van der Waals surface area contributed by atoms with E-state index in [4.69, 9.17) is 0 Å². The number of hydrogen-bond donors (Lipinski definition) is 1. The first-order chi connectivity index (χ1) is 7.22. The Hall–Kier alpha value is -1.22. The molecule has 1 aliphatic carbocycles. The first-order valence-electron chi connectivity index (χ1n) is 5.28. The summed E-state index contributed by atoms with van der Waals surface area (Å²) in [6.07, 6.45) is 1.66. The van der Waals surface area contributed by atoms with Crippen molar-refractivity contribution in [3.63, 3.8) is 0 Å². The quantitative estimate of drug-likeness (QED) is 0.802. The van der Waals surface area contributed by atoms with E-state index in [1.807, 2.05) is 6.92 Å². The predicted molar refractivity (Wildman–Crippen MR) is 56.5 cm³/mol. The third-order valence-corrected chi connectivity index (χ3v) is 2.81. The lowest BCUT2D eigenvalue weighted by atomic mass is 9.87. The third-order valence-electron chi connectivity index (χ3n) is 2.81. The van der Waals surface area contributed by atoms with Crippen LogP contribution in [-0.4, -0.2) is 18.4 Å². The van der Waals surface area contributed by atoms with Gasteiger partial charge in [0.15, 0.2) is 5.78 Å². The molecular weight excluding hydrogens is 193 g/mol. The van der Waals surface area contributed by atoms with Crippen molar-refractivity contribution >= 4 is 5.78 Å². The summed E-state index contributed by atoms with van der Waals surface area (Å²) in [6, 6.07) is 4.34. The van der Waals surface area contributed by atoms with Crippen LogP contribution in [0.5, 0.6) is 0 Å². The van der Waals surface area contributed by atoms with Crippen molar-refractivity contribution in [2.24, 2.45) is 0 Å². The number of benzene rings is 1. The Morgan fingerprint density at radius 3 is 3.07 bits per heavy atom. The normalized spacial score (nSPS) is 20.1. The molecule has 3 heteroatoms. The first kappa shape index (κ1) is 10.3. The van der Waals surface area contributed by atoms with Crippen molar-refractivity contribution in [1.82, 2.24) is 5.32 Å².